The van der Waals surface area contributed by atoms with Crippen LogP contribution in [0, 0.1) is 13.8 Å². The number of hydrogen-bond donors (Lipinski definition) is 2. The van der Waals surface area contributed by atoms with Crippen LogP contribution in [0.3, 0.4) is 0 Å². The first-order valence-electron chi connectivity index (χ1n) is 6.07. The molecule has 1 heterocycles. The molecule has 1 unspecified atom stereocenters. The van der Waals surface area contributed by atoms with Gasteiger partial charge in [0.2, 0.25) is 5.91 Å². The number of aryl methyl sites for hydroxylation is 1. The summed E-state index contributed by atoms with van der Waals surface area (Å²) in [6.45, 7) is 5.92. The lowest BCUT2D eigenvalue weighted by Crippen LogP contribution is -2.15. The van der Waals surface area contributed by atoms with Crippen molar-refractivity contribution in [1.29, 1.82) is 0 Å². The van der Waals surface area contributed by atoms with Gasteiger partial charge in [0.15, 0.2) is 0 Å². The van der Waals surface area contributed by atoms with Crippen molar-refractivity contribution in [3.05, 3.63) is 45.4 Å². The van der Waals surface area contributed by atoms with Gasteiger partial charge < -0.3 is 11.1 Å². The highest BCUT2D eigenvalue weighted by Gasteiger charge is 2.12. The molecule has 0 saturated carbocycles. The lowest BCUT2D eigenvalue weighted by atomic mass is 10.1. The van der Waals surface area contributed by atoms with Crippen LogP contribution < -0.4 is 11.1 Å². The van der Waals surface area contributed by atoms with Gasteiger partial charge in [-0.3, -0.25) is 4.79 Å². The second-order valence-electron chi connectivity index (χ2n) is 4.50. The summed E-state index contributed by atoms with van der Waals surface area (Å²) < 4.78 is 0. The Balaban J connectivity index is 2.24. The third-order valence-electron chi connectivity index (χ3n) is 3.05. The molecule has 0 fully saturated rings. The van der Waals surface area contributed by atoms with Crippen molar-refractivity contribution in [3.63, 3.8) is 0 Å². The second kappa shape index (κ2) is 5.40. The molecule has 0 aliphatic rings. The number of benzene rings is 1. The van der Waals surface area contributed by atoms with Crippen LogP contribution in [0.4, 0.5) is 5.69 Å². The largest absolute Gasteiger partial charge is 0.377 e. The molecule has 1 aromatic carbocycles. The van der Waals surface area contributed by atoms with Crippen LogP contribution in [0.25, 0.3) is 0 Å². The minimum atomic E-state index is -0.404. The van der Waals surface area contributed by atoms with Gasteiger partial charge in [0.1, 0.15) is 0 Å². The van der Waals surface area contributed by atoms with Gasteiger partial charge in [-0.1, -0.05) is 6.07 Å². The predicted octanol–water partition coefficient (Wildman–Crippen LogP) is 3.03. The number of primary amides is 1. The Kier molecular flexibility index (Phi) is 3.85. The van der Waals surface area contributed by atoms with Gasteiger partial charge in [0.05, 0.1) is 16.7 Å². The summed E-state index contributed by atoms with van der Waals surface area (Å²) >= 11 is 1.63. The molecular formula is C14H17N3OS. The molecule has 19 heavy (non-hydrogen) atoms. The SMILES string of the molecule is Cc1nc(C(C)Nc2cccc(C(N)=O)c2C)cs1. The summed E-state index contributed by atoms with van der Waals surface area (Å²) in [5.74, 6) is -0.404. The number of hydrogen-bond acceptors (Lipinski definition) is 4. The van der Waals surface area contributed by atoms with Crippen molar-refractivity contribution >= 4 is 22.9 Å². The molecule has 1 atom stereocenters. The molecule has 2 aromatic rings. The number of anilines is 1. The van der Waals surface area contributed by atoms with Crippen molar-refractivity contribution in [2.75, 3.05) is 5.32 Å². The van der Waals surface area contributed by atoms with E-state index in [-0.39, 0.29) is 6.04 Å². The Morgan fingerprint density at radius 2 is 2.16 bits per heavy atom. The highest BCUT2D eigenvalue weighted by Crippen LogP contribution is 2.24. The summed E-state index contributed by atoms with van der Waals surface area (Å²) in [5, 5.41) is 6.46. The van der Waals surface area contributed by atoms with Crippen LogP contribution in [0.1, 0.15) is 39.6 Å². The molecular weight excluding hydrogens is 258 g/mol. The minimum Gasteiger partial charge on any atom is -0.377 e. The van der Waals surface area contributed by atoms with Gasteiger partial charge in [0, 0.05) is 16.6 Å². The summed E-state index contributed by atoms with van der Waals surface area (Å²) in [4.78, 5) is 15.8. The van der Waals surface area contributed by atoms with Crippen molar-refractivity contribution in [2.24, 2.45) is 5.73 Å². The fourth-order valence-electron chi connectivity index (χ4n) is 1.95. The summed E-state index contributed by atoms with van der Waals surface area (Å²) in [7, 11) is 0. The maximum atomic E-state index is 11.3. The van der Waals surface area contributed by atoms with Gasteiger partial charge in [-0.05, 0) is 38.5 Å². The molecule has 0 bridgehead atoms. The molecule has 1 amide bonds. The van der Waals surface area contributed by atoms with E-state index in [9.17, 15) is 4.79 Å². The van der Waals surface area contributed by atoms with E-state index in [1.807, 2.05) is 38.3 Å². The van der Waals surface area contributed by atoms with Crippen LogP contribution in [0.15, 0.2) is 23.6 Å². The highest BCUT2D eigenvalue weighted by atomic mass is 32.1. The number of carbonyl (C=O) groups is 1. The molecule has 100 valence electrons. The van der Waals surface area contributed by atoms with E-state index >= 15 is 0 Å². The third-order valence-corrected chi connectivity index (χ3v) is 3.84. The fraction of sp³-hybridized carbons (Fsp3) is 0.286. The number of aromatic nitrogens is 1. The Hall–Kier alpha value is -1.88. The van der Waals surface area contributed by atoms with Crippen molar-refractivity contribution in [1.82, 2.24) is 4.98 Å². The van der Waals surface area contributed by atoms with Crippen LogP contribution in [-0.4, -0.2) is 10.9 Å². The zero-order valence-electron chi connectivity index (χ0n) is 11.2. The Labute approximate surface area is 116 Å². The number of nitrogens with one attached hydrogen (secondary N) is 1. The van der Waals surface area contributed by atoms with Gasteiger partial charge in [-0.25, -0.2) is 4.98 Å². The highest BCUT2D eigenvalue weighted by molar-refractivity contribution is 7.09. The number of thiazole rings is 1. The van der Waals surface area contributed by atoms with Crippen LogP contribution in [0.5, 0.6) is 0 Å². The van der Waals surface area contributed by atoms with E-state index in [0.29, 0.717) is 5.56 Å². The first-order valence-corrected chi connectivity index (χ1v) is 6.95. The van der Waals surface area contributed by atoms with Crippen LogP contribution >= 0.6 is 11.3 Å². The minimum absolute atomic E-state index is 0.0896. The Bertz CT molecular complexity index is 606. The van der Waals surface area contributed by atoms with E-state index in [0.717, 1.165) is 22.0 Å². The molecule has 0 aliphatic heterocycles. The van der Waals surface area contributed by atoms with Crippen LogP contribution in [0.2, 0.25) is 0 Å². The molecule has 0 radical (unpaired) electrons. The summed E-state index contributed by atoms with van der Waals surface area (Å²) in [6.07, 6.45) is 0. The molecule has 3 N–H and O–H groups in total. The average Bonchev–Trinajstić information content (AvgIpc) is 2.78. The number of rotatable bonds is 4. The fourth-order valence-corrected chi connectivity index (χ4v) is 2.65. The molecule has 1 aromatic heterocycles. The molecule has 5 heteroatoms. The maximum absolute atomic E-state index is 11.3. The predicted molar refractivity (Wildman–Crippen MR) is 78.6 cm³/mol. The van der Waals surface area contributed by atoms with Gasteiger partial charge in [-0.15, -0.1) is 11.3 Å². The van der Waals surface area contributed by atoms with Crippen molar-refractivity contribution < 1.29 is 4.79 Å². The van der Waals surface area contributed by atoms with Crippen molar-refractivity contribution in [3.8, 4) is 0 Å². The Morgan fingerprint density at radius 1 is 1.42 bits per heavy atom. The summed E-state index contributed by atoms with van der Waals surface area (Å²) in [5.41, 5.74) is 8.69. The number of nitrogens with zero attached hydrogens (tertiary/aromatic N) is 1. The normalized spacial score (nSPS) is 12.2. The van der Waals surface area contributed by atoms with E-state index in [1.54, 1.807) is 17.4 Å². The molecule has 2 rings (SSSR count). The van der Waals surface area contributed by atoms with Crippen LogP contribution in [-0.2, 0) is 0 Å². The molecule has 0 aliphatic carbocycles. The third kappa shape index (κ3) is 2.93. The van der Waals surface area contributed by atoms with Gasteiger partial charge >= 0.3 is 0 Å². The zero-order valence-corrected chi connectivity index (χ0v) is 12.0. The monoisotopic (exact) mass is 275 g/mol. The quantitative estimate of drug-likeness (QED) is 0.901. The van der Waals surface area contributed by atoms with Crippen molar-refractivity contribution in [2.45, 2.75) is 26.8 Å². The molecule has 4 nitrogen and oxygen atoms in total. The van der Waals surface area contributed by atoms with Gasteiger partial charge in [0.25, 0.3) is 0 Å². The lowest BCUT2D eigenvalue weighted by Gasteiger charge is -2.16. The Morgan fingerprint density at radius 3 is 2.74 bits per heavy atom. The average molecular weight is 275 g/mol. The topological polar surface area (TPSA) is 68.0 Å². The maximum Gasteiger partial charge on any atom is 0.249 e. The molecule has 0 spiro atoms. The first kappa shape index (κ1) is 13.5. The second-order valence-corrected chi connectivity index (χ2v) is 5.56. The molecule has 0 saturated heterocycles. The first-order chi connectivity index (χ1) is 8.99. The van der Waals surface area contributed by atoms with E-state index in [4.69, 9.17) is 5.73 Å². The summed E-state index contributed by atoms with van der Waals surface area (Å²) in [6, 6.07) is 5.60. The number of nitrogens with two attached hydrogens (primary N) is 1. The standard InChI is InChI=1S/C14H17N3OS/c1-8-11(14(15)18)5-4-6-12(8)16-9(2)13-7-19-10(3)17-13/h4-7,9,16H,1-3H3,(H2,15,18). The van der Waals surface area contributed by atoms with Gasteiger partial charge in [-0.2, -0.15) is 0 Å². The van der Waals surface area contributed by atoms with E-state index in [1.165, 1.54) is 0 Å². The number of carbonyl (C=O) groups excluding carboxylic acids is 1. The zero-order chi connectivity index (χ0) is 14.0. The lowest BCUT2D eigenvalue weighted by molar-refractivity contribution is 0.1000. The van der Waals surface area contributed by atoms with E-state index < -0.39 is 5.91 Å². The smallest absolute Gasteiger partial charge is 0.249 e. The number of amides is 1. The van der Waals surface area contributed by atoms with E-state index in [2.05, 4.69) is 10.3 Å².